The van der Waals surface area contributed by atoms with Crippen LogP contribution in [0.1, 0.15) is 25.7 Å². The van der Waals surface area contributed by atoms with Crippen LogP contribution in [0.4, 0.5) is 4.39 Å². The van der Waals surface area contributed by atoms with Crippen LogP contribution in [0.15, 0.2) is 0 Å². The molecule has 76 valence electrons. The van der Waals surface area contributed by atoms with E-state index in [1.807, 2.05) is 0 Å². The van der Waals surface area contributed by atoms with Crippen LogP contribution < -0.4 is 10.6 Å². The van der Waals surface area contributed by atoms with Crippen molar-refractivity contribution < 1.29 is 4.39 Å². The van der Waals surface area contributed by atoms with Crippen LogP contribution in [0.25, 0.3) is 0 Å². The van der Waals surface area contributed by atoms with E-state index >= 15 is 0 Å². The number of hydrogen-bond acceptors (Lipinski definition) is 2. The molecule has 0 bridgehead atoms. The van der Waals surface area contributed by atoms with Gasteiger partial charge in [-0.05, 0) is 51.2 Å². The maximum Gasteiger partial charge on any atom is 0.103 e. The highest BCUT2D eigenvalue weighted by molar-refractivity contribution is 4.86. The van der Waals surface area contributed by atoms with E-state index in [1.165, 1.54) is 12.8 Å². The first-order valence-electron chi connectivity index (χ1n) is 5.44. The Morgan fingerprint density at radius 2 is 2.08 bits per heavy atom. The zero-order chi connectivity index (χ0) is 9.10. The molecule has 0 amide bonds. The summed E-state index contributed by atoms with van der Waals surface area (Å²) in [5.74, 6) is 0.660. The minimum Gasteiger partial charge on any atom is -0.316 e. The second kappa shape index (κ2) is 4.38. The molecule has 0 aromatic rings. The van der Waals surface area contributed by atoms with E-state index in [0.717, 1.165) is 26.1 Å². The first-order valence-corrected chi connectivity index (χ1v) is 5.44. The van der Waals surface area contributed by atoms with E-state index in [-0.39, 0.29) is 0 Å². The molecule has 3 heteroatoms. The molecule has 0 aromatic carbocycles. The van der Waals surface area contributed by atoms with E-state index in [2.05, 4.69) is 10.6 Å². The van der Waals surface area contributed by atoms with Crippen molar-refractivity contribution in [1.29, 1.82) is 0 Å². The minimum atomic E-state index is -0.562. The van der Waals surface area contributed by atoms with Crippen LogP contribution >= 0.6 is 0 Å². The fourth-order valence-electron chi connectivity index (χ4n) is 2.48. The Bertz CT molecular complexity index is 157. The lowest BCUT2D eigenvalue weighted by atomic mass is 9.86. The van der Waals surface area contributed by atoms with Gasteiger partial charge in [-0.1, -0.05) is 0 Å². The zero-order valence-corrected chi connectivity index (χ0v) is 8.06. The second-order valence-electron chi connectivity index (χ2n) is 4.29. The third-order valence-corrected chi connectivity index (χ3v) is 3.28. The molecule has 0 radical (unpaired) electrons. The summed E-state index contributed by atoms with van der Waals surface area (Å²) in [4.78, 5) is 0. The van der Waals surface area contributed by atoms with Crippen LogP contribution in [0.3, 0.4) is 0 Å². The number of rotatable bonds is 1. The summed E-state index contributed by atoms with van der Waals surface area (Å²) in [6.45, 7) is 3.08. The van der Waals surface area contributed by atoms with Crippen LogP contribution in [-0.4, -0.2) is 31.8 Å². The molecule has 3 unspecified atom stereocenters. The highest BCUT2D eigenvalue weighted by Crippen LogP contribution is 2.22. The molecule has 2 fully saturated rings. The van der Waals surface area contributed by atoms with Gasteiger partial charge in [0.2, 0.25) is 0 Å². The lowest BCUT2D eigenvalue weighted by Crippen LogP contribution is -2.48. The van der Waals surface area contributed by atoms with Crippen molar-refractivity contribution in [3.8, 4) is 0 Å². The predicted octanol–water partition coefficient (Wildman–Crippen LogP) is 1.08. The average molecular weight is 186 g/mol. The van der Waals surface area contributed by atoms with E-state index < -0.39 is 6.17 Å². The Morgan fingerprint density at radius 1 is 1.15 bits per heavy atom. The van der Waals surface area contributed by atoms with Crippen molar-refractivity contribution in [2.45, 2.75) is 37.9 Å². The highest BCUT2D eigenvalue weighted by Gasteiger charge is 2.28. The largest absolute Gasteiger partial charge is 0.316 e. The predicted molar refractivity (Wildman–Crippen MR) is 51.5 cm³/mol. The van der Waals surface area contributed by atoms with Gasteiger partial charge in [0, 0.05) is 6.04 Å². The van der Waals surface area contributed by atoms with Crippen molar-refractivity contribution in [2.75, 3.05) is 19.6 Å². The van der Waals surface area contributed by atoms with Crippen molar-refractivity contribution >= 4 is 0 Å². The fraction of sp³-hybridized carbons (Fsp3) is 1.00. The van der Waals surface area contributed by atoms with Gasteiger partial charge in [-0.3, -0.25) is 0 Å². The van der Waals surface area contributed by atoms with Gasteiger partial charge < -0.3 is 10.6 Å². The summed E-state index contributed by atoms with van der Waals surface area (Å²) < 4.78 is 13.1. The van der Waals surface area contributed by atoms with Gasteiger partial charge in [-0.2, -0.15) is 0 Å². The molecule has 3 atom stereocenters. The number of hydrogen-bond donors (Lipinski definition) is 2. The molecule has 0 aromatic heterocycles. The maximum atomic E-state index is 13.1. The standard InChI is InChI=1S/C10H19FN2/c11-9-3-5-13-10(6-9)8-2-1-4-12-7-8/h8-10,12-13H,1-7H2. The summed E-state index contributed by atoms with van der Waals surface area (Å²) in [7, 11) is 0. The summed E-state index contributed by atoms with van der Waals surface area (Å²) >= 11 is 0. The lowest BCUT2D eigenvalue weighted by molar-refractivity contribution is 0.170. The Labute approximate surface area is 79.3 Å². The summed E-state index contributed by atoms with van der Waals surface area (Å²) in [6, 6.07) is 0.427. The fourth-order valence-corrected chi connectivity index (χ4v) is 2.48. The monoisotopic (exact) mass is 186 g/mol. The van der Waals surface area contributed by atoms with Gasteiger partial charge >= 0.3 is 0 Å². The van der Waals surface area contributed by atoms with Gasteiger partial charge in [-0.25, -0.2) is 4.39 Å². The minimum absolute atomic E-state index is 0.427. The maximum absolute atomic E-state index is 13.1. The number of nitrogens with one attached hydrogen (secondary N) is 2. The topological polar surface area (TPSA) is 24.1 Å². The first-order chi connectivity index (χ1) is 6.36. The summed E-state index contributed by atoms with van der Waals surface area (Å²) in [5, 5.41) is 6.82. The quantitative estimate of drug-likeness (QED) is 0.640. The lowest BCUT2D eigenvalue weighted by Gasteiger charge is -2.35. The van der Waals surface area contributed by atoms with Crippen LogP contribution in [0, 0.1) is 5.92 Å². The Morgan fingerprint density at radius 3 is 2.77 bits per heavy atom. The number of halogens is 1. The molecule has 0 aliphatic carbocycles. The van der Waals surface area contributed by atoms with Crippen LogP contribution in [-0.2, 0) is 0 Å². The highest BCUT2D eigenvalue weighted by atomic mass is 19.1. The molecule has 2 aliphatic rings. The third-order valence-electron chi connectivity index (χ3n) is 3.28. The van der Waals surface area contributed by atoms with E-state index in [0.29, 0.717) is 18.4 Å². The van der Waals surface area contributed by atoms with Crippen molar-refractivity contribution in [3.05, 3.63) is 0 Å². The van der Waals surface area contributed by atoms with Crippen molar-refractivity contribution in [2.24, 2.45) is 5.92 Å². The van der Waals surface area contributed by atoms with Crippen molar-refractivity contribution in [3.63, 3.8) is 0 Å². The van der Waals surface area contributed by atoms with Gasteiger partial charge in [-0.15, -0.1) is 0 Å². The molecule has 2 aliphatic heterocycles. The molecule has 2 N–H and O–H groups in total. The molecular weight excluding hydrogens is 167 g/mol. The Balaban J connectivity index is 1.83. The number of alkyl halides is 1. The average Bonchev–Trinajstić information content (AvgIpc) is 2.19. The molecule has 0 saturated carbocycles. The van der Waals surface area contributed by atoms with Crippen molar-refractivity contribution in [1.82, 2.24) is 10.6 Å². The van der Waals surface area contributed by atoms with Gasteiger partial charge in [0.1, 0.15) is 6.17 Å². The molecule has 2 nitrogen and oxygen atoms in total. The first kappa shape index (κ1) is 9.41. The van der Waals surface area contributed by atoms with Crippen LogP contribution in [0.2, 0.25) is 0 Å². The van der Waals surface area contributed by atoms with E-state index in [1.54, 1.807) is 0 Å². The molecular formula is C10H19FN2. The smallest absolute Gasteiger partial charge is 0.103 e. The van der Waals surface area contributed by atoms with Crippen LogP contribution in [0.5, 0.6) is 0 Å². The Hall–Kier alpha value is -0.150. The zero-order valence-electron chi connectivity index (χ0n) is 8.06. The summed E-state index contributed by atoms with van der Waals surface area (Å²) in [6.07, 6.45) is 3.38. The normalized spacial score (nSPS) is 41.8. The van der Waals surface area contributed by atoms with Gasteiger partial charge in [0.15, 0.2) is 0 Å². The molecule has 2 saturated heterocycles. The third kappa shape index (κ3) is 2.41. The second-order valence-corrected chi connectivity index (χ2v) is 4.29. The summed E-state index contributed by atoms with van der Waals surface area (Å²) in [5.41, 5.74) is 0. The molecule has 2 rings (SSSR count). The molecule has 13 heavy (non-hydrogen) atoms. The van der Waals surface area contributed by atoms with E-state index in [9.17, 15) is 4.39 Å². The Kier molecular flexibility index (Phi) is 3.17. The van der Waals surface area contributed by atoms with E-state index in [4.69, 9.17) is 0 Å². The molecule has 0 spiro atoms. The van der Waals surface area contributed by atoms with Gasteiger partial charge in [0.25, 0.3) is 0 Å². The number of piperidine rings is 2. The SMILES string of the molecule is FC1CCNC(C2CCCNC2)C1. The molecule has 2 heterocycles. The van der Waals surface area contributed by atoms with Gasteiger partial charge in [0.05, 0.1) is 0 Å².